The first-order valence-corrected chi connectivity index (χ1v) is 5.64. The summed E-state index contributed by atoms with van der Waals surface area (Å²) in [6.45, 7) is 3.67. The Balaban J connectivity index is 2.30. The van der Waals surface area contributed by atoms with Crippen LogP contribution in [0.3, 0.4) is 0 Å². The second-order valence-electron chi connectivity index (χ2n) is 4.88. The van der Waals surface area contributed by atoms with E-state index < -0.39 is 17.6 Å². The molecule has 5 nitrogen and oxygen atoms in total. The first-order valence-electron chi connectivity index (χ1n) is 5.64. The van der Waals surface area contributed by atoms with Crippen LogP contribution >= 0.6 is 0 Å². The van der Waals surface area contributed by atoms with Crippen LogP contribution in [0.15, 0.2) is 18.2 Å². The third-order valence-electron chi connectivity index (χ3n) is 2.69. The average Bonchev–Trinajstić information content (AvgIpc) is 2.63. The van der Waals surface area contributed by atoms with Gasteiger partial charge in [-0.3, -0.25) is 10.2 Å². The molecule has 0 aromatic heterocycles. The van der Waals surface area contributed by atoms with E-state index in [9.17, 15) is 13.6 Å². The number of nitrogens with one attached hydrogen (secondary N) is 1. The van der Waals surface area contributed by atoms with Gasteiger partial charge in [0, 0.05) is 12.0 Å². The third-order valence-corrected chi connectivity index (χ3v) is 2.69. The number of hydrazine groups is 1. The number of benzene rings is 1. The summed E-state index contributed by atoms with van der Waals surface area (Å²) in [5.41, 5.74) is 1.62. The molecular weight excluding hydrogens is 258 g/mol. The second kappa shape index (κ2) is 4.34. The SMILES string of the molecule is CC1(C)Cc2cccc(OC(F)(F)C(=O)NN)c2O1. The van der Waals surface area contributed by atoms with Gasteiger partial charge >= 0.3 is 12.0 Å². The molecule has 1 heterocycles. The number of carbonyl (C=O) groups is 1. The van der Waals surface area contributed by atoms with E-state index in [4.69, 9.17) is 4.74 Å². The zero-order valence-electron chi connectivity index (χ0n) is 10.5. The zero-order chi connectivity index (χ0) is 14.3. The van der Waals surface area contributed by atoms with Gasteiger partial charge in [-0.1, -0.05) is 12.1 Å². The van der Waals surface area contributed by atoms with Gasteiger partial charge in [0.15, 0.2) is 11.5 Å². The number of halogens is 2. The van der Waals surface area contributed by atoms with Crippen molar-refractivity contribution in [1.82, 2.24) is 5.43 Å². The van der Waals surface area contributed by atoms with Crippen molar-refractivity contribution in [1.29, 1.82) is 0 Å². The van der Waals surface area contributed by atoms with Gasteiger partial charge in [-0.05, 0) is 19.9 Å². The molecule has 0 spiro atoms. The predicted molar refractivity (Wildman–Crippen MR) is 62.8 cm³/mol. The van der Waals surface area contributed by atoms with E-state index in [1.54, 1.807) is 12.1 Å². The standard InChI is InChI=1S/C12H14F2N2O3/c1-11(2)6-7-4-3-5-8(9(7)19-11)18-12(13,14)10(17)16-15/h3-5H,6,15H2,1-2H3,(H,16,17). The van der Waals surface area contributed by atoms with Gasteiger partial charge in [0.2, 0.25) is 0 Å². The fraction of sp³-hybridized carbons (Fsp3) is 0.417. The summed E-state index contributed by atoms with van der Waals surface area (Å²) in [5, 5.41) is 0. The molecule has 104 valence electrons. The molecule has 2 rings (SSSR count). The van der Waals surface area contributed by atoms with Crippen LogP contribution in [0.1, 0.15) is 19.4 Å². The minimum Gasteiger partial charge on any atom is -0.483 e. The lowest BCUT2D eigenvalue weighted by atomic mass is 10.0. The van der Waals surface area contributed by atoms with Gasteiger partial charge in [-0.25, -0.2) is 5.84 Å². The van der Waals surface area contributed by atoms with E-state index in [-0.39, 0.29) is 11.5 Å². The molecule has 1 amide bonds. The van der Waals surface area contributed by atoms with Crippen LogP contribution in [0.4, 0.5) is 8.78 Å². The molecular formula is C12H14F2N2O3. The Hall–Kier alpha value is -1.89. The lowest BCUT2D eigenvalue weighted by Crippen LogP contribution is -2.47. The molecule has 1 aromatic rings. The minimum absolute atomic E-state index is 0.184. The maximum Gasteiger partial charge on any atom is 0.483 e. The fourth-order valence-electron chi connectivity index (χ4n) is 1.94. The number of nitrogens with two attached hydrogens (primary N) is 1. The fourth-order valence-corrected chi connectivity index (χ4v) is 1.94. The van der Waals surface area contributed by atoms with Gasteiger partial charge in [0.25, 0.3) is 0 Å². The van der Waals surface area contributed by atoms with Crippen molar-refractivity contribution in [3.63, 3.8) is 0 Å². The number of fused-ring (bicyclic) bond motifs is 1. The van der Waals surface area contributed by atoms with Crippen molar-refractivity contribution in [3.8, 4) is 11.5 Å². The highest BCUT2D eigenvalue weighted by Gasteiger charge is 2.43. The molecule has 1 aliphatic heterocycles. The molecule has 7 heteroatoms. The Morgan fingerprint density at radius 2 is 2.21 bits per heavy atom. The number of rotatable bonds is 3. The van der Waals surface area contributed by atoms with Crippen LogP contribution < -0.4 is 20.7 Å². The highest BCUT2D eigenvalue weighted by atomic mass is 19.3. The molecule has 0 radical (unpaired) electrons. The molecule has 1 aromatic carbocycles. The predicted octanol–water partition coefficient (Wildman–Crippen LogP) is 1.36. The highest BCUT2D eigenvalue weighted by molar-refractivity contribution is 5.81. The summed E-state index contributed by atoms with van der Waals surface area (Å²) >= 11 is 0. The van der Waals surface area contributed by atoms with E-state index in [1.165, 1.54) is 11.5 Å². The largest absolute Gasteiger partial charge is 0.483 e. The lowest BCUT2D eigenvalue weighted by Gasteiger charge is -2.20. The van der Waals surface area contributed by atoms with Crippen molar-refractivity contribution in [2.24, 2.45) is 5.84 Å². The molecule has 0 fully saturated rings. The summed E-state index contributed by atoms with van der Waals surface area (Å²) in [5.74, 6) is 3.01. The molecule has 0 saturated heterocycles. The van der Waals surface area contributed by atoms with Crippen molar-refractivity contribution in [2.45, 2.75) is 32.0 Å². The number of amides is 1. The average molecular weight is 272 g/mol. The van der Waals surface area contributed by atoms with Crippen LogP contribution in [0.5, 0.6) is 11.5 Å². The molecule has 0 unspecified atom stereocenters. The van der Waals surface area contributed by atoms with Crippen LogP contribution in [-0.4, -0.2) is 17.6 Å². The maximum absolute atomic E-state index is 13.4. The van der Waals surface area contributed by atoms with Crippen LogP contribution in [0.25, 0.3) is 0 Å². The quantitative estimate of drug-likeness (QED) is 0.495. The molecule has 0 atom stereocenters. The second-order valence-corrected chi connectivity index (χ2v) is 4.88. The number of carbonyl (C=O) groups excluding carboxylic acids is 1. The third kappa shape index (κ3) is 2.60. The maximum atomic E-state index is 13.4. The van der Waals surface area contributed by atoms with E-state index >= 15 is 0 Å². The Labute approximate surface area is 108 Å². The summed E-state index contributed by atoms with van der Waals surface area (Å²) in [4.78, 5) is 10.9. The summed E-state index contributed by atoms with van der Waals surface area (Å²) in [6, 6.07) is 4.64. The van der Waals surface area contributed by atoms with E-state index in [1.807, 2.05) is 13.8 Å². The van der Waals surface area contributed by atoms with Gasteiger partial charge in [0.05, 0.1) is 0 Å². The van der Waals surface area contributed by atoms with Gasteiger partial charge < -0.3 is 9.47 Å². The normalized spacial score (nSPS) is 16.5. The molecule has 19 heavy (non-hydrogen) atoms. The first-order chi connectivity index (χ1) is 8.75. The van der Waals surface area contributed by atoms with E-state index in [0.29, 0.717) is 6.42 Å². The minimum atomic E-state index is -4.06. The smallest absolute Gasteiger partial charge is 0.483 e. The Bertz CT molecular complexity index is 518. The molecule has 0 bridgehead atoms. The van der Waals surface area contributed by atoms with Crippen molar-refractivity contribution >= 4 is 5.91 Å². The number of hydrogen-bond donors (Lipinski definition) is 2. The summed E-state index contributed by atoms with van der Waals surface area (Å²) < 4.78 is 36.8. The summed E-state index contributed by atoms with van der Waals surface area (Å²) in [7, 11) is 0. The number of hydrogen-bond acceptors (Lipinski definition) is 4. The topological polar surface area (TPSA) is 73.6 Å². The summed E-state index contributed by atoms with van der Waals surface area (Å²) in [6.07, 6.45) is -3.48. The van der Waals surface area contributed by atoms with Crippen molar-refractivity contribution in [2.75, 3.05) is 0 Å². The van der Waals surface area contributed by atoms with Crippen molar-refractivity contribution in [3.05, 3.63) is 23.8 Å². The Kier molecular flexibility index (Phi) is 3.09. The first kappa shape index (κ1) is 13.5. The molecule has 0 aliphatic carbocycles. The van der Waals surface area contributed by atoms with Crippen LogP contribution in [0.2, 0.25) is 0 Å². The van der Waals surface area contributed by atoms with Crippen LogP contribution in [0, 0.1) is 0 Å². The van der Waals surface area contributed by atoms with Gasteiger partial charge in [0.1, 0.15) is 5.60 Å². The van der Waals surface area contributed by atoms with Gasteiger partial charge in [-0.2, -0.15) is 8.78 Å². The lowest BCUT2D eigenvalue weighted by molar-refractivity contribution is -0.193. The van der Waals surface area contributed by atoms with E-state index in [2.05, 4.69) is 10.6 Å². The highest BCUT2D eigenvalue weighted by Crippen LogP contribution is 2.43. The molecule has 1 aliphatic rings. The number of alkyl halides is 2. The van der Waals surface area contributed by atoms with Crippen LogP contribution in [-0.2, 0) is 11.2 Å². The van der Waals surface area contributed by atoms with Crippen molar-refractivity contribution < 1.29 is 23.0 Å². The monoisotopic (exact) mass is 272 g/mol. The Morgan fingerprint density at radius 3 is 2.84 bits per heavy atom. The van der Waals surface area contributed by atoms with Gasteiger partial charge in [-0.15, -0.1) is 0 Å². The zero-order valence-corrected chi connectivity index (χ0v) is 10.5. The number of ether oxygens (including phenoxy) is 2. The molecule has 3 N–H and O–H groups in total. The number of para-hydroxylation sites is 1. The Morgan fingerprint density at radius 1 is 1.53 bits per heavy atom. The molecule has 0 saturated carbocycles. The van der Waals surface area contributed by atoms with E-state index in [0.717, 1.165) is 5.56 Å².